The lowest BCUT2D eigenvalue weighted by molar-refractivity contribution is -0.274. The molecule has 1 unspecified atom stereocenters. The quantitative estimate of drug-likeness (QED) is 0.436. The molecular formula is C16H13F6NO3. The van der Waals surface area contributed by atoms with Crippen LogP contribution in [0.1, 0.15) is 36.7 Å². The van der Waals surface area contributed by atoms with Gasteiger partial charge in [0.15, 0.2) is 17.5 Å². The predicted molar refractivity (Wildman–Crippen MR) is 76.0 cm³/mol. The van der Waals surface area contributed by atoms with E-state index in [9.17, 15) is 35.9 Å². The van der Waals surface area contributed by atoms with Gasteiger partial charge in [-0.15, -0.1) is 13.2 Å². The number of benzene rings is 1. The minimum atomic E-state index is -5.23. The zero-order chi connectivity index (χ0) is 20.5. The second-order valence-electron chi connectivity index (χ2n) is 6.29. The Hall–Kier alpha value is -2.57. The Morgan fingerprint density at radius 1 is 1.08 bits per heavy atom. The van der Waals surface area contributed by atoms with Crippen LogP contribution in [-0.4, -0.2) is 17.9 Å². The molecule has 26 heavy (non-hydrogen) atoms. The molecule has 0 amide bonds. The van der Waals surface area contributed by atoms with Gasteiger partial charge in [-0.1, -0.05) is 20.8 Å². The van der Waals surface area contributed by atoms with E-state index in [-0.39, 0.29) is 6.07 Å². The minimum absolute atomic E-state index is 0.00325. The minimum Gasteiger partial charge on any atom is -0.406 e. The summed E-state index contributed by atoms with van der Waals surface area (Å²) in [6.45, 7) is 4.12. The first kappa shape index (κ1) is 21.5. The van der Waals surface area contributed by atoms with E-state index < -0.39 is 52.3 Å². The van der Waals surface area contributed by atoms with Crippen molar-refractivity contribution in [3.63, 3.8) is 0 Å². The van der Waals surface area contributed by atoms with Gasteiger partial charge < -0.3 is 4.74 Å². The average molecular weight is 381 g/mol. The molecule has 0 saturated carbocycles. The van der Waals surface area contributed by atoms with Gasteiger partial charge in [0.25, 0.3) is 0 Å². The first-order valence-electron chi connectivity index (χ1n) is 7.03. The molecule has 0 aliphatic heterocycles. The van der Waals surface area contributed by atoms with Gasteiger partial charge in [-0.05, 0) is 18.2 Å². The largest absolute Gasteiger partial charge is 0.573 e. The Morgan fingerprint density at radius 3 is 2.00 bits per heavy atom. The number of hydrogen-bond donors (Lipinski definition) is 0. The predicted octanol–water partition coefficient (Wildman–Crippen LogP) is 4.54. The van der Waals surface area contributed by atoms with Gasteiger partial charge in [-0.2, -0.15) is 18.4 Å². The van der Waals surface area contributed by atoms with Crippen LogP contribution in [0.4, 0.5) is 26.3 Å². The maximum absolute atomic E-state index is 13.2. The van der Waals surface area contributed by atoms with Crippen LogP contribution in [0, 0.1) is 22.7 Å². The second-order valence-corrected chi connectivity index (χ2v) is 6.29. The van der Waals surface area contributed by atoms with Gasteiger partial charge >= 0.3 is 12.5 Å². The third-order valence-electron chi connectivity index (χ3n) is 3.19. The molecular weight excluding hydrogens is 368 g/mol. The van der Waals surface area contributed by atoms with Crippen molar-refractivity contribution in [2.75, 3.05) is 0 Å². The van der Waals surface area contributed by atoms with Crippen LogP contribution in [-0.2, 0) is 11.0 Å². The number of nitrogens with zero attached hydrogens (tertiary/aromatic N) is 1. The fourth-order valence-corrected chi connectivity index (χ4v) is 1.99. The number of carbonyl (C=O) groups is 2. The molecule has 0 spiro atoms. The standard InChI is InChI=1S/C16H13F6NO3/c1-14(2,3)13(25)10(7-23)12(24)9-5-4-8(26-16(20,21)22)6-11(9)15(17,18)19/h4-6,10H,1-3H3. The van der Waals surface area contributed by atoms with Crippen molar-refractivity contribution in [3.05, 3.63) is 29.3 Å². The Labute approximate surface area is 144 Å². The summed E-state index contributed by atoms with van der Waals surface area (Å²) in [5, 5.41) is 9.05. The number of carbonyl (C=O) groups excluding carboxylic acids is 2. The molecule has 0 N–H and O–H groups in total. The highest BCUT2D eigenvalue weighted by Crippen LogP contribution is 2.37. The number of halogens is 6. The van der Waals surface area contributed by atoms with Gasteiger partial charge in [0.2, 0.25) is 0 Å². The molecule has 142 valence electrons. The van der Waals surface area contributed by atoms with Crippen LogP contribution < -0.4 is 4.74 Å². The molecule has 0 saturated heterocycles. The normalized spacial score (nSPS) is 13.7. The molecule has 10 heteroatoms. The highest BCUT2D eigenvalue weighted by atomic mass is 19.4. The van der Waals surface area contributed by atoms with Crippen molar-refractivity contribution < 1.29 is 40.7 Å². The van der Waals surface area contributed by atoms with Gasteiger partial charge in [-0.25, -0.2) is 0 Å². The summed E-state index contributed by atoms with van der Waals surface area (Å²) >= 11 is 0. The molecule has 0 aromatic heterocycles. The van der Waals surface area contributed by atoms with Crippen LogP contribution in [0.3, 0.4) is 0 Å². The fourth-order valence-electron chi connectivity index (χ4n) is 1.99. The van der Waals surface area contributed by atoms with Crippen molar-refractivity contribution in [3.8, 4) is 11.8 Å². The topological polar surface area (TPSA) is 67.2 Å². The van der Waals surface area contributed by atoms with Crippen LogP contribution in [0.2, 0.25) is 0 Å². The van der Waals surface area contributed by atoms with Crippen molar-refractivity contribution in [2.24, 2.45) is 11.3 Å². The number of hydrogen-bond acceptors (Lipinski definition) is 4. The number of alkyl halides is 6. The molecule has 0 aliphatic rings. The summed E-state index contributed by atoms with van der Waals surface area (Å²) in [5.74, 6) is -5.56. The lowest BCUT2D eigenvalue weighted by Gasteiger charge is -2.21. The van der Waals surface area contributed by atoms with E-state index in [1.165, 1.54) is 26.8 Å². The molecule has 0 fully saturated rings. The average Bonchev–Trinajstić information content (AvgIpc) is 2.44. The Kier molecular flexibility index (Phi) is 5.76. The van der Waals surface area contributed by atoms with Gasteiger partial charge in [0, 0.05) is 11.0 Å². The Balaban J connectivity index is 3.45. The van der Waals surface area contributed by atoms with Gasteiger partial charge in [-0.3, -0.25) is 9.59 Å². The highest BCUT2D eigenvalue weighted by molar-refractivity contribution is 6.14. The number of ketones is 2. The van der Waals surface area contributed by atoms with E-state index in [4.69, 9.17) is 5.26 Å². The van der Waals surface area contributed by atoms with Crippen LogP contribution >= 0.6 is 0 Å². The first-order valence-corrected chi connectivity index (χ1v) is 7.03. The third kappa shape index (κ3) is 5.21. The van der Waals surface area contributed by atoms with Crippen molar-refractivity contribution in [1.82, 2.24) is 0 Å². The number of nitriles is 1. The van der Waals surface area contributed by atoms with E-state index >= 15 is 0 Å². The summed E-state index contributed by atoms with van der Waals surface area (Å²) in [6.07, 6.45) is -10.4. The fraction of sp³-hybridized carbons (Fsp3) is 0.438. The van der Waals surface area contributed by atoms with Crippen LogP contribution in [0.15, 0.2) is 18.2 Å². The van der Waals surface area contributed by atoms with Gasteiger partial charge in [0.05, 0.1) is 11.6 Å². The smallest absolute Gasteiger partial charge is 0.406 e. The van der Waals surface area contributed by atoms with E-state index in [1.807, 2.05) is 0 Å². The molecule has 0 aliphatic carbocycles. The van der Waals surface area contributed by atoms with Crippen LogP contribution in [0.5, 0.6) is 5.75 Å². The third-order valence-corrected chi connectivity index (χ3v) is 3.19. The molecule has 1 rings (SSSR count). The highest BCUT2D eigenvalue weighted by Gasteiger charge is 2.41. The maximum atomic E-state index is 13.2. The number of ether oxygens (including phenoxy) is 1. The summed E-state index contributed by atoms with van der Waals surface area (Å²) in [4.78, 5) is 24.4. The summed E-state index contributed by atoms with van der Waals surface area (Å²) in [5.41, 5.74) is -4.00. The summed E-state index contributed by atoms with van der Waals surface area (Å²) < 4.78 is 79.5. The second kappa shape index (κ2) is 6.97. The summed E-state index contributed by atoms with van der Waals surface area (Å²) in [6, 6.07) is 2.31. The molecule has 1 atom stereocenters. The van der Waals surface area contributed by atoms with E-state index in [0.29, 0.717) is 12.1 Å². The van der Waals surface area contributed by atoms with Crippen molar-refractivity contribution in [2.45, 2.75) is 33.3 Å². The number of Topliss-reactive ketones (excluding diaryl/α,β-unsaturated/α-hetero) is 2. The van der Waals surface area contributed by atoms with Crippen molar-refractivity contribution in [1.29, 1.82) is 5.26 Å². The molecule has 4 nitrogen and oxygen atoms in total. The first-order chi connectivity index (χ1) is 11.6. The SMILES string of the molecule is CC(C)(C)C(=O)C(C#N)C(=O)c1ccc(OC(F)(F)F)cc1C(F)(F)F. The molecule has 0 heterocycles. The molecule has 1 aromatic carbocycles. The lowest BCUT2D eigenvalue weighted by Crippen LogP contribution is -2.33. The zero-order valence-corrected chi connectivity index (χ0v) is 13.7. The zero-order valence-electron chi connectivity index (χ0n) is 13.7. The van der Waals surface area contributed by atoms with Crippen LogP contribution in [0.25, 0.3) is 0 Å². The molecule has 1 aromatic rings. The van der Waals surface area contributed by atoms with E-state index in [2.05, 4.69) is 4.74 Å². The molecule has 0 bridgehead atoms. The Morgan fingerprint density at radius 2 is 1.62 bits per heavy atom. The summed E-state index contributed by atoms with van der Waals surface area (Å²) in [7, 11) is 0. The van der Waals surface area contributed by atoms with Gasteiger partial charge in [0.1, 0.15) is 5.75 Å². The van der Waals surface area contributed by atoms with E-state index in [1.54, 1.807) is 0 Å². The maximum Gasteiger partial charge on any atom is 0.573 e. The monoisotopic (exact) mass is 381 g/mol. The molecule has 0 radical (unpaired) electrons. The Bertz CT molecular complexity index is 753. The van der Waals surface area contributed by atoms with Crippen molar-refractivity contribution >= 4 is 11.6 Å². The van der Waals surface area contributed by atoms with E-state index in [0.717, 1.165) is 0 Å². The number of rotatable bonds is 4. The lowest BCUT2D eigenvalue weighted by atomic mass is 9.80.